The molecule has 0 saturated carbocycles. The van der Waals surface area contributed by atoms with Crippen LogP contribution in [0.5, 0.6) is 5.75 Å². The minimum Gasteiger partial charge on any atom is -0.494 e. The number of hydrogen-bond donors (Lipinski definition) is 0. The van der Waals surface area contributed by atoms with Crippen LogP contribution in [0.2, 0.25) is 0 Å². The second kappa shape index (κ2) is 28.5. The molecule has 0 spiro atoms. The summed E-state index contributed by atoms with van der Waals surface area (Å²) in [6.45, 7) is 15.0. The van der Waals surface area contributed by atoms with Crippen molar-refractivity contribution in [2.24, 2.45) is 11.8 Å². The Hall–Kier alpha value is -1.89. The van der Waals surface area contributed by atoms with Crippen LogP contribution in [0.1, 0.15) is 150 Å². The first-order chi connectivity index (χ1) is 26.4. The summed E-state index contributed by atoms with van der Waals surface area (Å²) >= 11 is 0. The van der Waals surface area contributed by atoms with Crippen molar-refractivity contribution in [2.45, 2.75) is 162 Å². The molecule has 4 unspecified atom stereocenters. The van der Waals surface area contributed by atoms with E-state index in [2.05, 4.69) is 63.8 Å². The predicted molar refractivity (Wildman–Crippen MR) is 228 cm³/mol. The zero-order valence-corrected chi connectivity index (χ0v) is 35.9. The van der Waals surface area contributed by atoms with E-state index in [4.69, 9.17) is 23.3 Å². The van der Waals surface area contributed by atoms with E-state index >= 15 is 0 Å². The van der Waals surface area contributed by atoms with Gasteiger partial charge in [-0.1, -0.05) is 149 Å². The molecular weight excluding hydrogens is 693 g/mol. The molecule has 1 heterocycles. The van der Waals surface area contributed by atoms with E-state index in [0.29, 0.717) is 56.7 Å². The SMILES string of the molecule is CCCCCCCCCCCCOc1ccc(N2CC(COCC(CC)CCCC)OP(=O)(c3ccccc3)OC(COCC(CC)CCCC)C2)cc1. The van der Waals surface area contributed by atoms with Crippen molar-refractivity contribution >= 4 is 18.6 Å². The first-order valence-electron chi connectivity index (χ1n) is 22.1. The second-order valence-corrected chi connectivity index (χ2v) is 17.6. The van der Waals surface area contributed by atoms with E-state index in [-0.39, 0.29) is 0 Å². The predicted octanol–water partition coefficient (Wildman–Crippen LogP) is 12.6. The van der Waals surface area contributed by atoms with Gasteiger partial charge in [-0.3, -0.25) is 13.6 Å². The van der Waals surface area contributed by atoms with Gasteiger partial charge in [0.25, 0.3) is 0 Å². The van der Waals surface area contributed by atoms with Crippen molar-refractivity contribution in [3.8, 4) is 5.75 Å². The van der Waals surface area contributed by atoms with Crippen molar-refractivity contribution in [1.82, 2.24) is 0 Å². The third-order valence-corrected chi connectivity index (χ3v) is 12.9. The van der Waals surface area contributed by atoms with Crippen molar-refractivity contribution in [3.05, 3.63) is 54.6 Å². The summed E-state index contributed by atoms with van der Waals surface area (Å²) in [7, 11) is -3.69. The topological polar surface area (TPSA) is 66.5 Å². The van der Waals surface area contributed by atoms with Gasteiger partial charge in [0.05, 0.1) is 25.1 Å². The average Bonchev–Trinajstić information content (AvgIpc) is 3.19. The van der Waals surface area contributed by atoms with E-state index in [1.807, 2.05) is 30.3 Å². The lowest BCUT2D eigenvalue weighted by Crippen LogP contribution is -2.46. The molecule has 0 bridgehead atoms. The molecule has 4 atom stereocenters. The molecule has 0 aliphatic carbocycles. The fraction of sp³-hybridized carbons (Fsp3) is 0.739. The van der Waals surface area contributed by atoms with Crippen LogP contribution in [0.25, 0.3) is 0 Å². The average molecular weight is 772 g/mol. The standard InChI is InChI=1S/C46H78NO6P/c1-6-11-14-15-16-17-18-19-20-24-33-51-43-31-29-42(30-32-43)47-34-44(38-49-36-40(9-4)25-12-7-2)52-54(48,46-27-22-21-23-28-46)53-45(35-47)39-50-37-41(10-5)26-13-8-3/h21-23,27-32,40-41,44-45H,6-20,24-26,33-39H2,1-5H3. The third-order valence-electron chi connectivity index (χ3n) is 10.9. The quantitative estimate of drug-likeness (QED) is 0.0579. The first-order valence-corrected chi connectivity index (χ1v) is 23.6. The molecule has 3 rings (SSSR count). The lowest BCUT2D eigenvalue weighted by atomic mass is 10.0. The van der Waals surface area contributed by atoms with Gasteiger partial charge in [-0.15, -0.1) is 0 Å². The zero-order valence-electron chi connectivity index (χ0n) is 35.0. The van der Waals surface area contributed by atoms with E-state index in [9.17, 15) is 4.57 Å². The van der Waals surface area contributed by atoms with Crippen molar-refractivity contribution < 1.29 is 27.8 Å². The molecule has 1 fully saturated rings. The van der Waals surface area contributed by atoms with Crippen LogP contribution < -0.4 is 14.9 Å². The van der Waals surface area contributed by atoms with Crippen molar-refractivity contribution in [1.29, 1.82) is 0 Å². The Labute approximate surface area is 331 Å². The Kier molecular flexibility index (Phi) is 24.5. The number of rotatable bonds is 30. The third kappa shape index (κ3) is 18.4. The van der Waals surface area contributed by atoms with Crippen LogP contribution >= 0.6 is 7.60 Å². The fourth-order valence-corrected chi connectivity index (χ4v) is 9.09. The minimum absolute atomic E-state index is 0.343. The van der Waals surface area contributed by atoms with Crippen LogP contribution in [0.15, 0.2) is 54.6 Å². The number of nitrogens with zero attached hydrogens (tertiary/aromatic N) is 1. The summed E-state index contributed by atoms with van der Waals surface area (Å²) in [5.74, 6) is 1.90. The molecule has 54 heavy (non-hydrogen) atoms. The molecule has 8 heteroatoms. The highest BCUT2D eigenvalue weighted by Gasteiger charge is 2.38. The van der Waals surface area contributed by atoms with E-state index in [0.717, 1.165) is 50.1 Å². The molecule has 7 nitrogen and oxygen atoms in total. The number of anilines is 1. The Bertz CT molecular complexity index is 1190. The lowest BCUT2D eigenvalue weighted by Gasteiger charge is -2.38. The van der Waals surface area contributed by atoms with Gasteiger partial charge in [-0.05, 0) is 67.5 Å². The lowest BCUT2D eigenvalue weighted by molar-refractivity contribution is -0.00358. The zero-order chi connectivity index (χ0) is 38.7. The Morgan fingerprint density at radius 1 is 0.630 bits per heavy atom. The summed E-state index contributed by atoms with van der Waals surface area (Å²) in [4.78, 5) is 2.28. The minimum atomic E-state index is -3.69. The van der Waals surface area contributed by atoms with E-state index in [1.54, 1.807) is 0 Å². The highest BCUT2D eigenvalue weighted by molar-refractivity contribution is 7.62. The number of unbranched alkanes of at least 4 members (excludes halogenated alkanes) is 11. The van der Waals surface area contributed by atoms with Gasteiger partial charge in [0.2, 0.25) is 0 Å². The second-order valence-electron chi connectivity index (χ2n) is 15.6. The molecule has 0 aromatic heterocycles. The van der Waals surface area contributed by atoms with Crippen molar-refractivity contribution in [3.63, 3.8) is 0 Å². The van der Waals surface area contributed by atoms with Crippen LogP contribution in [-0.4, -0.2) is 58.3 Å². The molecule has 1 aliphatic rings. The molecule has 2 aromatic rings. The maximum atomic E-state index is 14.8. The Morgan fingerprint density at radius 2 is 1.11 bits per heavy atom. The summed E-state index contributed by atoms with van der Waals surface area (Å²) in [5.41, 5.74) is 1.05. The molecule has 1 aliphatic heterocycles. The van der Waals surface area contributed by atoms with Crippen LogP contribution in [0, 0.1) is 11.8 Å². The number of ether oxygens (including phenoxy) is 3. The summed E-state index contributed by atoms with van der Waals surface area (Å²) < 4.78 is 46.8. The van der Waals surface area contributed by atoms with E-state index < -0.39 is 19.8 Å². The molecule has 308 valence electrons. The molecule has 2 aromatic carbocycles. The van der Waals surface area contributed by atoms with Gasteiger partial charge in [0.15, 0.2) is 0 Å². The maximum absolute atomic E-state index is 14.8. The Morgan fingerprint density at radius 3 is 1.59 bits per heavy atom. The van der Waals surface area contributed by atoms with Crippen LogP contribution in [0.4, 0.5) is 5.69 Å². The molecule has 1 saturated heterocycles. The maximum Gasteiger partial charge on any atom is 0.362 e. The Balaban J connectivity index is 1.70. The highest BCUT2D eigenvalue weighted by atomic mass is 31.2. The van der Waals surface area contributed by atoms with Crippen LogP contribution in [-0.2, 0) is 23.1 Å². The van der Waals surface area contributed by atoms with Crippen molar-refractivity contribution in [2.75, 3.05) is 51.0 Å². The highest BCUT2D eigenvalue weighted by Crippen LogP contribution is 2.50. The monoisotopic (exact) mass is 772 g/mol. The van der Waals surface area contributed by atoms with Gasteiger partial charge in [0, 0.05) is 32.0 Å². The number of benzene rings is 2. The first kappa shape index (κ1) is 46.5. The largest absolute Gasteiger partial charge is 0.494 e. The molecule has 0 N–H and O–H groups in total. The smallest absolute Gasteiger partial charge is 0.362 e. The normalized spacial score (nSPS) is 20.4. The molecular formula is C46H78NO6P. The fourth-order valence-electron chi connectivity index (χ4n) is 7.22. The molecule has 0 amide bonds. The van der Waals surface area contributed by atoms with Gasteiger partial charge in [-0.25, -0.2) is 0 Å². The molecule has 0 radical (unpaired) electrons. The van der Waals surface area contributed by atoms with Gasteiger partial charge >= 0.3 is 7.60 Å². The summed E-state index contributed by atoms with van der Waals surface area (Å²) in [5, 5.41) is 0.570. The summed E-state index contributed by atoms with van der Waals surface area (Å²) in [6.07, 6.45) is 21.5. The number of hydrogen-bond acceptors (Lipinski definition) is 7. The summed E-state index contributed by atoms with van der Waals surface area (Å²) in [6, 6.07) is 17.8. The van der Waals surface area contributed by atoms with E-state index in [1.165, 1.54) is 83.5 Å². The van der Waals surface area contributed by atoms with Gasteiger partial charge in [0.1, 0.15) is 18.0 Å². The van der Waals surface area contributed by atoms with Crippen LogP contribution in [0.3, 0.4) is 0 Å². The van der Waals surface area contributed by atoms with Gasteiger partial charge in [-0.2, -0.15) is 0 Å². The van der Waals surface area contributed by atoms with Gasteiger partial charge < -0.3 is 19.1 Å².